The molecule has 0 aliphatic heterocycles. The van der Waals surface area contributed by atoms with Crippen LogP contribution in [0.5, 0.6) is 0 Å². The van der Waals surface area contributed by atoms with Gasteiger partial charge in [-0.15, -0.1) is 6.58 Å². The predicted octanol–water partition coefficient (Wildman–Crippen LogP) is 3.88. The van der Waals surface area contributed by atoms with Gasteiger partial charge in [0.2, 0.25) is 0 Å². The van der Waals surface area contributed by atoms with Gasteiger partial charge in [-0.3, -0.25) is 0 Å². The molecule has 0 saturated heterocycles. The lowest BCUT2D eigenvalue weighted by Gasteiger charge is -1.99. The minimum atomic E-state index is 0.637. The van der Waals surface area contributed by atoms with E-state index >= 15 is 0 Å². The van der Waals surface area contributed by atoms with Crippen LogP contribution in [-0.2, 0) is 4.74 Å². The van der Waals surface area contributed by atoms with Crippen molar-refractivity contribution in [3.63, 3.8) is 0 Å². The highest BCUT2D eigenvalue weighted by molar-refractivity contribution is 5.02. The smallest absolute Gasteiger partial charge is 0.0654 e. The number of rotatable bonds is 7. The van der Waals surface area contributed by atoms with Crippen molar-refractivity contribution >= 4 is 0 Å². The molecule has 0 aromatic rings. The van der Waals surface area contributed by atoms with E-state index in [9.17, 15) is 0 Å². The summed E-state index contributed by atoms with van der Waals surface area (Å²) in [5.74, 6) is 0. The third-order valence-corrected chi connectivity index (χ3v) is 1.88. The van der Waals surface area contributed by atoms with E-state index in [0.717, 1.165) is 12.8 Å². The molecule has 0 spiro atoms. The van der Waals surface area contributed by atoms with E-state index in [1.165, 1.54) is 11.1 Å². The molecule has 1 heteroatoms. The first kappa shape index (κ1) is 13.2. The second-order valence-corrected chi connectivity index (χ2v) is 3.70. The predicted molar refractivity (Wildman–Crippen MR) is 63.4 cm³/mol. The zero-order valence-corrected chi connectivity index (χ0v) is 9.68. The molecule has 1 nitrogen and oxygen atoms in total. The standard InChI is InChI=1S/C13H22O/c1-5-10-14-11-9-13(4)8-6-7-12(2)3/h5,7,9H,1,6,8,10-11H2,2-4H3. The van der Waals surface area contributed by atoms with Crippen LogP contribution >= 0.6 is 0 Å². The maximum absolute atomic E-state index is 5.27. The maximum atomic E-state index is 5.27. The van der Waals surface area contributed by atoms with Crippen molar-refractivity contribution in [3.05, 3.63) is 36.0 Å². The largest absolute Gasteiger partial charge is 0.373 e. The molecule has 0 N–H and O–H groups in total. The van der Waals surface area contributed by atoms with Crippen LogP contribution in [0.3, 0.4) is 0 Å². The second kappa shape index (κ2) is 8.76. The molecule has 0 aromatic carbocycles. The fraction of sp³-hybridized carbons (Fsp3) is 0.538. The van der Waals surface area contributed by atoms with Crippen LogP contribution in [-0.4, -0.2) is 13.2 Å². The van der Waals surface area contributed by atoms with Gasteiger partial charge in [0, 0.05) is 0 Å². The second-order valence-electron chi connectivity index (χ2n) is 3.70. The lowest BCUT2D eigenvalue weighted by molar-refractivity contribution is 0.193. The van der Waals surface area contributed by atoms with E-state index in [4.69, 9.17) is 4.74 Å². The quantitative estimate of drug-likeness (QED) is 0.441. The molecule has 0 radical (unpaired) electrons. The van der Waals surface area contributed by atoms with Gasteiger partial charge in [-0.1, -0.05) is 29.4 Å². The summed E-state index contributed by atoms with van der Waals surface area (Å²) in [4.78, 5) is 0. The molecule has 0 atom stereocenters. The van der Waals surface area contributed by atoms with Gasteiger partial charge < -0.3 is 4.74 Å². The average Bonchev–Trinajstić information content (AvgIpc) is 2.12. The third-order valence-electron chi connectivity index (χ3n) is 1.88. The van der Waals surface area contributed by atoms with Crippen molar-refractivity contribution in [1.29, 1.82) is 0 Å². The van der Waals surface area contributed by atoms with Crippen molar-refractivity contribution in [2.45, 2.75) is 33.6 Å². The first-order chi connectivity index (χ1) is 6.66. The topological polar surface area (TPSA) is 9.23 Å². The molecule has 0 rings (SSSR count). The molecular weight excluding hydrogens is 172 g/mol. The van der Waals surface area contributed by atoms with Crippen LogP contribution in [0.1, 0.15) is 33.6 Å². The van der Waals surface area contributed by atoms with Gasteiger partial charge in [0.15, 0.2) is 0 Å². The van der Waals surface area contributed by atoms with E-state index in [-0.39, 0.29) is 0 Å². The van der Waals surface area contributed by atoms with Crippen LogP contribution in [0.25, 0.3) is 0 Å². The molecule has 0 saturated carbocycles. The average molecular weight is 194 g/mol. The molecule has 0 fully saturated rings. The molecule has 0 unspecified atom stereocenters. The van der Waals surface area contributed by atoms with Crippen LogP contribution in [0.4, 0.5) is 0 Å². The van der Waals surface area contributed by atoms with Gasteiger partial charge in [-0.05, 0) is 33.6 Å². The van der Waals surface area contributed by atoms with E-state index in [1.807, 2.05) is 0 Å². The van der Waals surface area contributed by atoms with Crippen molar-refractivity contribution in [1.82, 2.24) is 0 Å². The van der Waals surface area contributed by atoms with Gasteiger partial charge in [0.25, 0.3) is 0 Å². The Morgan fingerprint density at radius 3 is 2.43 bits per heavy atom. The summed E-state index contributed by atoms with van der Waals surface area (Å²) in [6, 6.07) is 0. The van der Waals surface area contributed by atoms with Crippen LogP contribution < -0.4 is 0 Å². The van der Waals surface area contributed by atoms with E-state index < -0.39 is 0 Å². The van der Waals surface area contributed by atoms with Crippen LogP contribution in [0.2, 0.25) is 0 Å². The molecule has 80 valence electrons. The third kappa shape index (κ3) is 9.27. The fourth-order valence-corrected chi connectivity index (χ4v) is 1.04. The Morgan fingerprint density at radius 1 is 1.14 bits per heavy atom. The van der Waals surface area contributed by atoms with Gasteiger partial charge >= 0.3 is 0 Å². The Morgan fingerprint density at radius 2 is 1.86 bits per heavy atom. The highest BCUT2D eigenvalue weighted by atomic mass is 16.5. The molecule has 0 heterocycles. The molecule has 0 aliphatic rings. The summed E-state index contributed by atoms with van der Waals surface area (Å²) in [6.07, 6.45) is 8.44. The van der Waals surface area contributed by atoms with Crippen molar-refractivity contribution < 1.29 is 4.74 Å². The highest BCUT2D eigenvalue weighted by Crippen LogP contribution is 2.06. The number of hydrogen-bond acceptors (Lipinski definition) is 1. The highest BCUT2D eigenvalue weighted by Gasteiger charge is 1.88. The van der Waals surface area contributed by atoms with Gasteiger partial charge in [0.05, 0.1) is 13.2 Å². The lowest BCUT2D eigenvalue weighted by Crippen LogP contribution is -1.91. The number of allylic oxidation sites excluding steroid dienone is 3. The van der Waals surface area contributed by atoms with Gasteiger partial charge in [-0.25, -0.2) is 0 Å². The Kier molecular flexibility index (Phi) is 8.25. The fourth-order valence-electron chi connectivity index (χ4n) is 1.04. The summed E-state index contributed by atoms with van der Waals surface area (Å²) in [5.41, 5.74) is 2.78. The normalized spacial score (nSPS) is 11.2. The van der Waals surface area contributed by atoms with Crippen LogP contribution in [0, 0.1) is 0 Å². The van der Waals surface area contributed by atoms with Crippen molar-refractivity contribution in [2.75, 3.05) is 13.2 Å². The summed E-state index contributed by atoms with van der Waals surface area (Å²) in [6.45, 7) is 11.3. The minimum absolute atomic E-state index is 0.637. The molecular formula is C13H22O. The zero-order chi connectivity index (χ0) is 10.8. The number of ether oxygens (including phenoxy) is 1. The Hall–Kier alpha value is -0.820. The first-order valence-electron chi connectivity index (χ1n) is 5.14. The summed E-state index contributed by atoms with van der Waals surface area (Å²) in [5, 5.41) is 0. The SMILES string of the molecule is C=CCOCC=C(C)CCC=C(C)C. The monoisotopic (exact) mass is 194 g/mol. The minimum Gasteiger partial charge on any atom is -0.373 e. The van der Waals surface area contributed by atoms with Crippen LogP contribution in [0.15, 0.2) is 36.0 Å². The molecule has 0 amide bonds. The Labute approximate surface area is 88.2 Å². The maximum Gasteiger partial charge on any atom is 0.0654 e. The van der Waals surface area contributed by atoms with Gasteiger partial charge in [-0.2, -0.15) is 0 Å². The van der Waals surface area contributed by atoms with E-state index in [2.05, 4.69) is 39.5 Å². The summed E-state index contributed by atoms with van der Waals surface area (Å²) >= 11 is 0. The molecule has 14 heavy (non-hydrogen) atoms. The van der Waals surface area contributed by atoms with E-state index in [0.29, 0.717) is 13.2 Å². The Bertz CT molecular complexity index is 207. The molecule has 0 bridgehead atoms. The van der Waals surface area contributed by atoms with Crippen molar-refractivity contribution in [3.8, 4) is 0 Å². The zero-order valence-electron chi connectivity index (χ0n) is 9.68. The molecule has 0 aliphatic carbocycles. The summed E-state index contributed by atoms with van der Waals surface area (Å²) < 4.78 is 5.27. The Balaban J connectivity index is 3.56. The lowest BCUT2D eigenvalue weighted by atomic mass is 10.1. The van der Waals surface area contributed by atoms with Gasteiger partial charge in [0.1, 0.15) is 0 Å². The number of hydrogen-bond donors (Lipinski definition) is 0. The molecule has 0 aromatic heterocycles. The van der Waals surface area contributed by atoms with Crippen molar-refractivity contribution in [2.24, 2.45) is 0 Å². The van der Waals surface area contributed by atoms with E-state index in [1.54, 1.807) is 6.08 Å². The summed E-state index contributed by atoms with van der Waals surface area (Å²) in [7, 11) is 0. The first-order valence-corrected chi connectivity index (χ1v) is 5.14.